The summed E-state index contributed by atoms with van der Waals surface area (Å²) in [5, 5.41) is 21.5. The highest BCUT2D eigenvalue weighted by Crippen LogP contribution is 2.32. The standard InChI is InChI=1S/C16H20N2O2/c1-12-4-3-7-16(9-12,11-19)18-15(20)14-6-2-5-13(8-14)10-17/h2,5-6,8,12,19H,3-4,7,9,11H2,1H3,(H,18,20). The molecule has 0 radical (unpaired) electrons. The quantitative estimate of drug-likeness (QED) is 0.886. The van der Waals surface area contributed by atoms with Gasteiger partial charge in [-0.15, -0.1) is 0 Å². The van der Waals surface area contributed by atoms with Gasteiger partial charge in [0, 0.05) is 5.56 Å². The van der Waals surface area contributed by atoms with E-state index in [-0.39, 0.29) is 12.5 Å². The zero-order valence-corrected chi connectivity index (χ0v) is 11.7. The van der Waals surface area contributed by atoms with Crippen molar-refractivity contribution >= 4 is 5.91 Å². The first kappa shape index (κ1) is 14.5. The van der Waals surface area contributed by atoms with Gasteiger partial charge in [0.2, 0.25) is 0 Å². The summed E-state index contributed by atoms with van der Waals surface area (Å²) in [7, 11) is 0. The summed E-state index contributed by atoms with van der Waals surface area (Å²) in [6.07, 6.45) is 3.76. The Morgan fingerprint density at radius 1 is 1.60 bits per heavy atom. The SMILES string of the molecule is CC1CCCC(CO)(NC(=O)c2cccc(C#N)c2)C1. The fourth-order valence-electron chi connectivity index (χ4n) is 3.00. The summed E-state index contributed by atoms with van der Waals surface area (Å²) in [4.78, 5) is 12.3. The van der Waals surface area contributed by atoms with E-state index in [1.165, 1.54) is 0 Å². The fourth-order valence-corrected chi connectivity index (χ4v) is 3.00. The van der Waals surface area contributed by atoms with Crippen molar-refractivity contribution in [2.75, 3.05) is 6.61 Å². The third-order valence-electron chi connectivity index (χ3n) is 4.03. The van der Waals surface area contributed by atoms with Crippen molar-refractivity contribution in [3.05, 3.63) is 35.4 Å². The Hall–Kier alpha value is -1.86. The molecular formula is C16H20N2O2. The molecule has 1 fully saturated rings. The largest absolute Gasteiger partial charge is 0.394 e. The molecule has 2 rings (SSSR count). The summed E-state index contributed by atoms with van der Waals surface area (Å²) in [6.45, 7) is 2.10. The molecule has 1 aromatic carbocycles. The second-order valence-electron chi connectivity index (χ2n) is 5.79. The van der Waals surface area contributed by atoms with Gasteiger partial charge in [-0.1, -0.05) is 25.8 Å². The van der Waals surface area contributed by atoms with Crippen LogP contribution in [0, 0.1) is 17.2 Å². The molecule has 0 bridgehead atoms. The van der Waals surface area contributed by atoms with Crippen molar-refractivity contribution in [2.24, 2.45) is 5.92 Å². The molecule has 1 aromatic rings. The fraction of sp³-hybridized carbons (Fsp3) is 0.500. The van der Waals surface area contributed by atoms with Crippen LogP contribution >= 0.6 is 0 Å². The highest BCUT2D eigenvalue weighted by molar-refractivity contribution is 5.95. The molecule has 1 saturated carbocycles. The molecule has 1 aliphatic rings. The van der Waals surface area contributed by atoms with E-state index in [1.54, 1.807) is 24.3 Å². The monoisotopic (exact) mass is 272 g/mol. The zero-order chi connectivity index (χ0) is 14.6. The lowest BCUT2D eigenvalue weighted by Gasteiger charge is -2.39. The average molecular weight is 272 g/mol. The van der Waals surface area contributed by atoms with E-state index in [9.17, 15) is 9.90 Å². The molecule has 0 aliphatic heterocycles. The van der Waals surface area contributed by atoms with Gasteiger partial charge < -0.3 is 10.4 Å². The number of nitrogens with one attached hydrogen (secondary N) is 1. The molecule has 2 atom stereocenters. The highest BCUT2D eigenvalue weighted by atomic mass is 16.3. The second-order valence-corrected chi connectivity index (χ2v) is 5.79. The molecule has 0 heterocycles. The van der Waals surface area contributed by atoms with E-state index >= 15 is 0 Å². The number of benzene rings is 1. The topological polar surface area (TPSA) is 73.1 Å². The minimum atomic E-state index is -0.516. The maximum Gasteiger partial charge on any atom is 0.251 e. The van der Waals surface area contributed by atoms with E-state index in [1.807, 2.05) is 6.07 Å². The van der Waals surface area contributed by atoms with Gasteiger partial charge in [0.1, 0.15) is 0 Å². The molecule has 20 heavy (non-hydrogen) atoms. The zero-order valence-electron chi connectivity index (χ0n) is 11.7. The van der Waals surface area contributed by atoms with Crippen molar-refractivity contribution in [2.45, 2.75) is 38.1 Å². The van der Waals surface area contributed by atoms with Gasteiger partial charge in [0.25, 0.3) is 5.91 Å². The lowest BCUT2D eigenvalue weighted by atomic mass is 9.76. The number of carbonyl (C=O) groups excluding carboxylic acids is 1. The number of aliphatic hydroxyl groups excluding tert-OH is 1. The third-order valence-corrected chi connectivity index (χ3v) is 4.03. The summed E-state index contributed by atoms with van der Waals surface area (Å²) < 4.78 is 0. The Morgan fingerprint density at radius 3 is 3.05 bits per heavy atom. The summed E-state index contributed by atoms with van der Waals surface area (Å²) in [6, 6.07) is 8.66. The maximum absolute atomic E-state index is 12.3. The normalized spacial score (nSPS) is 25.8. The molecule has 4 nitrogen and oxygen atoms in total. The molecule has 4 heteroatoms. The minimum Gasteiger partial charge on any atom is -0.394 e. The van der Waals surface area contributed by atoms with Gasteiger partial charge in [-0.2, -0.15) is 5.26 Å². The van der Waals surface area contributed by atoms with Crippen LogP contribution in [0.5, 0.6) is 0 Å². The Morgan fingerprint density at radius 2 is 2.40 bits per heavy atom. The first-order valence-corrected chi connectivity index (χ1v) is 7.02. The minimum absolute atomic E-state index is 0.0407. The predicted octanol–water partition coefficient (Wildman–Crippen LogP) is 2.23. The van der Waals surface area contributed by atoms with Crippen LogP contribution in [-0.2, 0) is 0 Å². The summed E-state index contributed by atoms with van der Waals surface area (Å²) in [5.74, 6) is 0.284. The Kier molecular flexibility index (Phi) is 4.41. The Bertz CT molecular complexity index is 536. The van der Waals surface area contributed by atoms with E-state index in [0.29, 0.717) is 17.0 Å². The van der Waals surface area contributed by atoms with Crippen LogP contribution in [-0.4, -0.2) is 23.2 Å². The molecule has 1 amide bonds. The molecule has 0 spiro atoms. The van der Waals surface area contributed by atoms with Gasteiger partial charge in [-0.05, 0) is 37.0 Å². The van der Waals surface area contributed by atoms with Gasteiger partial charge in [-0.25, -0.2) is 0 Å². The van der Waals surface area contributed by atoms with Crippen molar-refractivity contribution in [3.63, 3.8) is 0 Å². The molecule has 1 aliphatic carbocycles. The average Bonchev–Trinajstić information content (AvgIpc) is 2.47. The number of aliphatic hydroxyl groups is 1. The molecule has 0 saturated heterocycles. The number of nitrogens with zero attached hydrogens (tertiary/aromatic N) is 1. The second kappa shape index (κ2) is 6.06. The number of hydrogen-bond acceptors (Lipinski definition) is 3. The van der Waals surface area contributed by atoms with E-state index in [4.69, 9.17) is 5.26 Å². The van der Waals surface area contributed by atoms with Crippen LogP contribution in [0.1, 0.15) is 48.5 Å². The molecule has 0 aromatic heterocycles. The lowest BCUT2D eigenvalue weighted by Crippen LogP contribution is -2.53. The smallest absolute Gasteiger partial charge is 0.251 e. The molecule has 2 N–H and O–H groups in total. The first-order valence-electron chi connectivity index (χ1n) is 7.02. The number of carbonyl (C=O) groups is 1. The van der Waals surface area contributed by atoms with Crippen LogP contribution < -0.4 is 5.32 Å². The lowest BCUT2D eigenvalue weighted by molar-refractivity contribution is 0.0697. The van der Waals surface area contributed by atoms with Gasteiger partial charge in [0.05, 0.1) is 23.8 Å². The number of nitriles is 1. The first-order chi connectivity index (χ1) is 9.58. The van der Waals surface area contributed by atoms with E-state index in [2.05, 4.69) is 12.2 Å². The van der Waals surface area contributed by atoms with Crippen LogP contribution in [0.2, 0.25) is 0 Å². The van der Waals surface area contributed by atoms with Crippen LogP contribution in [0.25, 0.3) is 0 Å². The summed E-state index contributed by atoms with van der Waals surface area (Å²) in [5.41, 5.74) is 0.417. The number of rotatable bonds is 3. The molecule has 2 unspecified atom stereocenters. The number of amides is 1. The molecular weight excluding hydrogens is 252 g/mol. The third kappa shape index (κ3) is 3.17. The predicted molar refractivity (Wildman–Crippen MR) is 76.1 cm³/mol. The highest BCUT2D eigenvalue weighted by Gasteiger charge is 2.35. The van der Waals surface area contributed by atoms with Crippen molar-refractivity contribution < 1.29 is 9.90 Å². The van der Waals surface area contributed by atoms with E-state index < -0.39 is 5.54 Å². The van der Waals surface area contributed by atoms with Gasteiger partial charge in [0.15, 0.2) is 0 Å². The Balaban J connectivity index is 2.14. The number of hydrogen-bond donors (Lipinski definition) is 2. The maximum atomic E-state index is 12.3. The van der Waals surface area contributed by atoms with Crippen LogP contribution in [0.3, 0.4) is 0 Å². The Labute approximate surface area is 119 Å². The van der Waals surface area contributed by atoms with Gasteiger partial charge >= 0.3 is 0 Å². The van der Waals surface area contributed by atoms with Crippen LogP contribution in [0.15, 0.2) is 24.3 Å². The van der Waals surface area contributed by atoms with Crippen molar-refractivity contribution in [1.29, 1.82) is 5.26 Å². The molecule has 106 valence electrons. The van der Waals surface area contributed by atoms with Gasteiger partial charge in [-0.3, -0.25) is 4.79 Å². The summed E-state index contributed by atoms with van der Waals surface area (Å²) >= 11 is 0. The van der Waals surface area contributed by atoms with Crippen molar-refractivity contribution in [1.82, 2.24) is 5.32 Å². The van der Waals surface area contributed by atoms with E-state index in [0.717, 1.165) is 25.7 Å². The van der Waals surface area contributed by atoms with Crippen molar-refractivity contribution in [3.8, 4) is 6.07 Å². The van der Waals surface area contributed by atoms with Crippen LogP contribution in [0.4, 0.5) is 0 Å².